The van der Waals surface area contributed by atoms with Crippen LogP contribution in [0.3, 0.4) is 0 Å². The zero-order chi connectivity index (χ0) is 5.86. The van der Waals surface area contributed by atoms with Crippen molar-refractivity contribution < 1.29 is 34.8 Å². The van der Waals surface area contributed by atoms with Crippen LogP contribution >= 0.6 is 0 Å². The van der Waals surface area contributed by atoms with Crippen molar-refractivity contribution in [2.75, 3.05) is 20.6 Å². The van der Waals surface area contributed by atoms with E-state index < -0.39 is 0 Å². The van der Waals surface area contributed by atoms with Gasteiger partial charge in [0.15, 0.2) is 0 Å². The van der Waals surface area contributed by atoms with E-state index in [2.05, 4.69) is 0 Å². The summed E-state index contributed by atoms with van der Waals surface area (Å²) in [5.41, 5.74) is 0. The van der Waals surface area contributed by atoms with Crippen molar-refractivity contribution in [1.29, 1.82) is 0 Å². The van der Waals surface area contributed by atoms with Crippen molar-refractivity contribution in [1.82, 2.24) is 0 Å². The van der Waals surface area contributed by atoms with Gasteiger partial charge >= 0.3 is 0 Å². The molecule has 0 amide bonds. The number of quaternary nitrogens is 1. The molecule has 1 atom stereocenters. The van der Waals surface area contributed by atoms with Crippen LogP contribution in [0.1, 0.15) is 6.92 Å². The highest BCUT2D eigenvalue weighted by Gasteiger charge is 1.97. The van der Waals surface area contributed by atoms with E-state index in [9.17, 15) is 0 Å². The molecule has 0 aliphatic carbocycles. The number of aliphatic hydroxyl groups excluding tert-OH is 1. The van der Waals surface area contributed by atoms with E-state index in [0.29, 0.717) is 0 Å². The summed E-state index contributed by atoms with van der Waals surface area (Å²) in [5, 5.41) is 8.70. The van der Waals surface area contributed by atoms with Crippen LogP contribution in [0.15, 0.2) is 0 Å². The minimum absolute atomic E-state index is 0. The molecule has 0 fully saturated rings. The first-order valence-electron chi connectivity index (χ1n) is 2.60. The molecule has 9 heavy (non-hydrogen) atoms. The number of nitrogens with one attached hydrogen (secondary N) is 1. The summed E-state index contributed by atoms with van der Waals surface area (Å²) < 4.78 is 0. The van der Waals surface area contributed by atoms with Gasteiger partial charge < -0.3 is 34.8 Å². The van der Waals surface area contributed by atoms with E-state index in [1.165, 1.54) is 4.90 Å². The molecule has 0 rings (SSSR count). The Labute approximate surface area is 69.1 Å². The van der Waals surface area contributed by atoms with Crippen molar-refractivity contribution >= 4 is 0 Å². The minimum atomic E-state index is -0.162. The number of rotatable bonds is 2. The average molecular weight is 175 g/mol. The van der Waals surface area contributed by atoms with Gasteiger partial charge in [0.25, 0.3) is 0 Å². The van der Waals surface area contributed by atoms with Crippen molar-refractivity contribution in [3.05, 3.63) is 0 Å². The standard InChI is InChI=1S/C5H13NO.2ClH/c1-5(7)4-6(2)3;;/h5,7H,4H2,1-3H3;2*1H/p-1. The Balaban J connectivity index is -0.000000180. The summed E-state index contributed by atoms with van der Waals surface area (Å²) in [6, 6.07) is 0. The monoisotopic (exact) mass is 174 g/mol. The zero-order valence-electron chi connectivity index (χ0n) is 5.99. The normalized spacial score (nSPS) is 11.7. The maximum atomic E-state index is 8.70. The Morgan fingerprint density at radius 3 is 1.67 bits per heavy atom. The molecule has 0 heterocycles. The summed E-state index contributed by atoms with van der Waals surface area (Å²) in [7, 11) is 4.04. The molecule has 0 spiro atoms. The van der Waals surface area contributed by atoms with Crippen LogP contribution in [0.25, 0.3) is 0 Å². The highest BCUT2D eigenvalue weighted by molar-refractivity contribution is 4.35. The lowest BCUT2D eigenvalue weighted by Gasteiger charge is -2.07. The van der Waals surface area contributed by atoms with Gasteiger partial charge in [-0.05, 0) is 6.92 Å². The van der Waals surface area contributed by atoms with E-state index in [1.807, 2.05) is 14.1 Å². The third-order valence-electron chi connectivity index (χ3n) is 0.704. The zero-order valence-corrected chi connectivity index (χ0v) is 7.50. The molecule has 0 aliphatic rings. The molecular weight excluding hydrogens is 161 g/mol. The largest absolute Gasteiger partial charge is 1.00 e. The van der Waals surface area contributed by atoms with Crippen LogP contribution < -0.4 is 29.7 Å². The molecule has 0 radical (unpaired) electrons. The molecule has 0 saturated carbocycles. The van der Waals surface area contributed by atoms with Crippen LogP contribution in [0.4, 0.5) is 0 Å². The van der Waals surface area contributed by atoms with Crippen LogP contribution in [0.2, 0.25) is 0 Å². The lowest BCUT2D eigenvalue weighted by molar-refractivity contribution is -0.861. The molecule has 0 bridgehead atoms. The van der Waals surface area contributed by atoms with Crippen molar-refractivity contribution in [2.45, 2.75) is 13.0 Å². The van der Waals surface area contributed by atoms with Crippen molar-refractivity contribution in [3.63, 3.8) is 0 Å². The summed E-state index contributed by atoms with van der Waals surface area (Å²) in [6.45, 7) is 2.63. The molecule has 0 aromatic rings. The summed E-state index contributed by atoms with van der Waals surface area (Å²) >= 11 is 0. The predicted octanol–water partition coefficient (Wildman–Crippen LogP) is -7.48. The fourth-order valence-corrected chi connectivity index (χ4v) is 0.591. The van der Waals surface area contributed by atoms with Crippen LogP contribution in [0, 0.1) is 0 Å². The second kappa shape index (κ2) is 8.50. The maximum Gasteiger partial charge on any atom is 0.103 e. The Kier molecular flexibility index (Phi) is 15.3. The van der Waals surface area contributed by atoms with Gasteiger partial charge in [0.2, 0.25) is 0 Å². The van der Waals surface area contributed by atoms with Crippen molar-refractivity contribution in [3.8, 4) is 0 Å². The Bertz CT molecular complexity index is 44.2. The summed E-state index contributed by atoms with van der Waals surface area (Å²) in [6.07, 6.45) is -0.162. The van der Waals surface area contributed by atoms with Crippen LogP contribution in [-0.4, -0.2) is 31.9 Å². The molecule has 4 heteroatoms. The second-order valence-corrected chi connectivity index (χ2v) is 2.26. The SMILES string of the molecule is CC(O)C[NH+](C)C.[Cl-].[Cl-]. The molecule has 0 saturated heterocycles. The van der Waals surface area contributed by atoms with Gasteiger partial charge in [0, 0.05) is 0 Å². The van der Waals surface area contributed by atoms with E-state index in [0.717, 1.165) is 6.54 Å². The Morgan fingerprint density at radius 1 is 1.33 bits per heavy atom. The van der Waals surface area contributed by atoms with E-state index >= 15 is 0 Å². The third kappa shape index (κ3) is 17.7. The number of likely N-dealkylation sites (N-methyl/N-ethyl adjacent to an activating group) is 1. The molecule has 0 aliphatic heterocycles. The number of aliphatic hydroxyl groups is 1. The van der Waals surface area contributed by atoms with E-state index in [4.69, 9.17) is 5.11 Å². The lowest BCUT2D eigenvalue weighted by atomic mass is 10.4. The number of hydrogen-bond donors (Lipinski definition) is 2. The Morgan fingerprint density at radius 2 is 1.67 bits per heavy atom. The van der Waals surface area contributed by atoms with Crippen LogP contribution in [0.5, 0.6) is 0 Å². The molecule has 60 valence electrons. The second-order valence-electron chi connectivity index (χ2n) is 2.26. The van der Waals surface area contributed by atoms with Gasteiger partial charge in [-0.1, -0.05) is 0 Å². The first kappa shape index (κ1) is 16.2. The molecule has 2 nitrogen and oxygen atoms in total. The Hall–Kier alpha value is 0.500. The topological polar surface area (TPSA) is 24.7 Å². The highest BCUT2D eigenvalue weighted by atomic mass is 35.5. The molecule has 0 aromatic heterocycles. The van der Waals surface area contributed by atoms with Gasteiger partial charge in [0.05, 0.1) is 14.1 Å². The lowest BCUT2D eigenvalue weighted by Crippen LogP contribution is -3.06. The fraction of sp³-hybridized carbons (Fsp3) is 1.00. The molecular formula is C5H14Cl2NO-. The minimum Gasteiger partial charge on any atom is -1.00 e. The summed E-state index contributed by atoms with van der Waals surface area (Å²) in [4.78, 5) is 1.29. The first-order chi connectivity index (χ1) is 3.13. The van der Waals surface area contributed by atoms with Gasteiger partial charge in [0.1, 0.15) is 12.6 Å². The quantitative estimate of drug-likeness (QED) is 0.428. The smallest absolute Gasteiger partial charge is 0.103 e. The highest BCUT2D eigenvalue weighted by Crippen LogP contribution is 1.66. The average Bonchev–Trinajstić information content (AvgIpc) is 1.27. The predicted molar refractivity (Wildman–Crippen MR) is 29.4 cm³/mol. The molecule has 1 unspecified atom stereocenters. The van der Waals surface area contributed by atoms with Gasteiger partial charge in [-0.25, -0.2) is 0 Å². The molecule has 0 aromatic carbocycles. The molecule has 2 N–H and O–H groups in total. The first-order valence-corrected chi connectivity index (χ1v) is 2.60. The van der Waals surface area contributed by atoms with E-state index in [-0.39, 0.29) is 30.9 Å². The number of hydrogen-bond acceptors (Lipinski definition) is 1. The van der Waals surface area contributed by atoms with Crippen LogP contribution in [-0.2, 0) is 0 Å². The van der Waals surface area contributed by atoms with Gasteiger partial charge in [-0.15, -0.1) is 0 Å². The van der Waals surface area contributed by atoms with Gasteiger partial charge in [-0.2, -0.15) is 0 Å². The third-order valence-corrected chi connectivity index (χ3v) is 0.704. The number of halogens is 2. The summed E-state index contributed by atoms with van der Waals surface area (Å²) in [5.74, 6) is 0. The van der Waals surface area contributed by atoms with Crippen molar-refractivity contribution in [2.24, 2.45) is 0 Å². The van der Waals surface area contributed by atoms with Gasteiger partial charge in [-0.3, -0.25) is 0 Å². The van der Waals surface area contributed by atoms with E-state index in [1.54, 1.807) is 6.92 Å². The fourth-order valence-electron chi connectivity index (χ4n) is 0.591. The maximum absolute atomic E-state index is 8.70.